The zero-order chi connectivity index (χ0) is 17.8. The number of hydrogen-bond donors (Lipinski definition) is 3. The van der Waals surface area contributed by atoms with Crippen molar-refractivity contribution in [3.63, 3.8) is 0 Å². The van der Waals surface area contributed by atoms with Gasteiger partial charge in [-0.15, -0.1) is 0 Å². The second-order valence-electron chi connectivity index (χ2n) is 6.26. The highest BCUT2D eigenvalue weighted by Gasteiger charge is 2.18. The largest absolute Gasteiger partial charge is 0.480 e. The van der Waals surface area contributed by atoms with Crippen LogP contribution in [0.25, 0.3) is 10.9 Å². The van der Waals surface area contributed by atoms with Crippen LogP contribution in [0.4, 0.5) is 0 Å². The minimum atomic E-state index is -0.973. The van der Waals surface area contributed by atoms with Gasteiger partial charge in [-0.05, 0) is 48.6 Å². The maximum atomic E-state index is 11.2. The van der Waals surface area contributed by atoms with Gasteiger partial charge in [0.15, 0.2) is 0 Å². The van der Waals surface area contributed by atoms with Crippen molar-refractivity contribution in [2.24, 2.45) is 5.73 Å². The van der Waals surface area contributed by atoms with E-state index in [1.807, 2.05) is 36.4 Å². The molecule has 1 atom stereocenters. The van der Waals surface area contributed by atoms with Gasteiger partial charge in [-0.25, -0.2) is 0 Å². The second kappa shape index (κ2) is 7.85. The van der Waals surface area contributed by atoms with Crippen LogP contribution in [0.15, 0.2) is 53.0 Å². The number of aromatic amines is 1. The summed E-state index contributed by atoms with van der Waals surface area (Å²) < 4.78 is 0.972. The number of nitrogens with two attached hydrogens (primary N) is 1. The average molecular weight is 401 g/mol. The molecule has 1 aromatic heterocycles. The molecule has 5 heteroatoms. The van der Waals surface area contributed by atoms with E-state index in [0.29, 0.717) is 6.42 Å². The Labute approximate surface area is 155 Å². The molecule has 0 aliphatic rings. The monoisotopic (exact) mass is 400 g/mol. The van der Waals surface area contributed by atoms with Gasteiger partial charge in [-0.2, -0.15) is 0 Å². The summed E-state index contributed by atoms with van der Waals surface area (Å²) in [7, 11) is 0. The van der Waals surface area contributed by atoms with Crippen LogP contribution in [0.1, 0.15) is 23.2 Å². The Hall–Kier alpha value is -2.11. The van der Waals surface area contributed by atoms with E-state index in [9.17, 15) is 9.90 Å². The van der Waals surface area contributed by atoms with Crippen molar-refractivity contribution in [2.75, 3.05) is 0 Å². The number of benzene rings is 2. The molecular formula is C20H21BrN2O2. The quantitative estimate of drug-likeness (QED) is 0.559. The lowest BCUT2D eigenvalue weighted by molar-refractivity contribution is -0.138. The first-order valence-corrected chi connectivity index (χ1v) is 9.15. The van der Waals surface area contributed by atoms with Crippen LogP contribution in [-0.2, 0) is 24.1 Å². The molecule has 1 heterocycles. The number of halogens is 1. The number of hydrogen-bond acceptors (Lipinski definition) is 2. The topological polar surface area (TPSA) is 79.1 Å². The van der Waals surface area contributed by atoms with E-state index in [2.05, 4.69) is 33.0 Å². The summed E-state index contributed by atoms with van der Waals surface area (Å²) in [6, 6.07) is 15.5. The zero-order valence-corrected chi connectivity index (χ0v) is 15.4. The number of carboxylic acid groups (broad SMARTS) is 1. The summed E-state index contributed by atoms with van der Waals surface area (Å²) in [6.45, 7) is 0. The van der Waals surface area contributed by atoms with Crippen molar-refractivity contribution >= 4 is 32.8 Å². The van der Waals surface area contributed by atoms with Crippen molar-refractivity contribution in [3.8, 4) is 0 Å². The third-order valence-electron chi connectivity index (χ3n) is 4.43. The summed E-state index contributed by atoms with van der Waals surface area (Å²) in [6.07, 6.45) is 3.17. The number of fused-ring (bicyclic) bond motifs is 1. The molecule has 3 rings (SSSR count). The summed E-state index contributed by atoms with van der Waals surface area (Å²) in [5.74, 6) is -0.973. The number of aliphatic carboxylic acids is 1. The van der Waals surface area contributed by atoms with Crippen LogP contribution in [0.5, 0.6) is 0 Å². The van der Waals surface area contributed by atoms with Crippen LogP contribution < -0.4 is 5.73 Å². The minimum Gasteiger partial charge on any atom is -0.480 e. The fraction of sp³-hybridized carbons (Fsp3) is 0.250. The van der Waals surface area contributed by atoms with Gasteiger partial charge in [0, 0.05) is 27.5 Å². The highest BCUT2D eigenvalue weighted by atomic mass is 79.9. The summed E-state index contributed by atoms with van der Waals surface area (Å²) >= 11 is 3.49. The molecule has 130 valence electrons. The number of aryl methyl sites for hydroxylation is 2. The van der Waals surface area contributed by atoms with Crippen molar-refractivity contribution in [1.82, 2.24) is 4.98 Å². The molecule has 1 unspecified atom stereocenters. The zero-order valence-electron chi connectivity index (χ0n) is 13.8. The number of carboxylic acids is 1. The van der Waals surface area contributed by atoms with E-state index in [1.54, 1.807) is 0 Å². The molecule has 0 amide bonds. The minimum absolute atomic E-state index is 0.326. The van der Waals surface area contributed by atoms with E-state index in [4.69, 9.17) is 5.73 Å². The van der Waals surface area contributed by atoms with Gasteiger partial charge >= 0.3 is 5.97 Å². The average Bonchev–Trinajstić information content (AvgIpc) is 2.93. The van der Waals surface area contributed by atoms with Crippen molar-refractivity contribution in [2.45, 2.75) is 31.7 Å². The Balaban J connectivity index is 1.83. The molecule has 4 nitrogen and oxygen atoms in total. The number of rotatable bonds is 7. The molecule has 25 heavy (non-hydrogen) atoms. The molecule has 0 spiro atoms. The van der Waals surface area contributed by atoms with Gasteiger partial charge < -0.3 is 15.8 Å². The Bertz CT molecular complexity index is 874. The number of aromatic nitrogens is 1. The smallest absolute Gasteiger partial charge is 0.320 e. The molecule has 0 fully saturated rings. The fourth-order valence-corrected chi connectivity index (χ4v) is 3.50. The van der Waals surface area contributed by atoms with E-state index < -0.39 is 12.0 Å². The van der Waals surface area contributed by atoms with Crippen molar-refractivity contribution in [1.29, 1.82) is 0 Å². The fourth-order valence-electron chi connectivity index (χ4n) is 3.14. The van der Waals surface area contributed by atoms with Crippen LogP contribution >= 0.6 is 15.9 Å². The Kier molecular flexibility index (Phi) is 5.56. The highest BCUT2D eigenvalue weighted by Crippen LogP contribution is 2.28. The first-order valence-electron chi connectivity index (χ1n) is 8.36. The normalized spacial score (nSPS) is 12.4. The molecule has 0 bridgehead atoms. The number of carbonyl (C=O) groups is 1. The molecule has 0 aliphatic heterocycles. The molecule has 3 aromatic rings. The molecule has 4 N–H and O–H groups in total. The number of H-pyrrole nitrogens is 1. The van der Waals surface area contributed by atoms with E-state index in [-0.39, 0.29) is 0 Å². The molecule has 0 saturated carbocycles. The van der Waals surface area contributed by atoms with Gasteiger partial charge in [-0.1, -0.05) is 46.3 Å². The first-order chi connectivity index (χ1) is 12.0. The van der Waals surface area contributed by atoms with Crippen LogP contribution in [0, 0.1) is 0 Å². The lowest BCUT2D eigenvalue weighted by Gasteiger charge is -2.09. The molecule has 0 saturated heterocycles. The maximum absolute atomic E-state index is 11.2. The second-order valence-corrected chi connectivity index (χ2v) is 7.18. The van der Waals surface area contributed by atoms with Crippen LogP contribution in [0.2, 0.25) is 0 Å². The van der Waals surface area contributed by atoms with Crippen molar-refractivity contribution < 1.29 is 9.90 Å². The molecule has 0 aliphatic carbocycles. The van der Waals surface area contributed by atoms with Crippen molar-refractivity contribution in [3.05, 3.63) is 69.8 Å². The van der Waals surface area contributed by atoms with E-state index in [0.717, 1.165) is 45.9 Å². The third kappa shape index (κ3) is 4.30. The van der Waals surface area contributed by atoms with Crippen LogP contribution in [0.3, 0.4) is 0 Å². The first kappa shape index (κ1) is 17.7. The molecular weight excluding hydrogens is 380 g/mol. The lowest BCUT2D eigenvalue weighted by atomic mass is 9.99. The van der Waals surface area contributed by atoms with Gasteiger partial charge in [0.05, 0.1) is 0 Å². The maximum Gasteiger partial charge on any atom is 0.320 e. The highest BCUT2D eigenvalue weighted by molar-refractivity contribution is 9.10. The molecule has 2 aromatic carbocycles. The standard InChI is InChI=1S/C20H21BrN2O2/c21-14-9-10-19-15(11-14)16(12-17(22)20(24)25)18(23-19)8-4-7-13-5-2-1-3-6-13/h1-3,5-6,9-11,17,23H,4,7-8,12,22H2,(H,24,25). The van der Waals surface area contributed by atoms with E-state index in [1.165, 1.54) is 5.56 Å². The Morgan fingerprint density at radius 3 is 2.64 bits per heavy atom. The summed E-state index contributed by atoms with van der Waals surface area (Å²) in [4.78, 5) is 14.6. The Morgan fingerprint density at radius 1 is 1.16 bits per heavy atom. The lowest BCUT2D eigenvalue weighted by Crippen LogP contribution is -2.32. The predicted molar refractivity (Wildman–Crippen MR) is 104 cm³/mol. The van der Waals surface area contributed by atoms with Gasteiger partial charge in [0.25, 0.3) is 0 Å². The third-order valence-corrected chi connectivity index (χ3v) is 4.93. The number of nitrogens with one attached hydrogen (secondary N) is 1. The summed E-state index contributed by atoms with van der Waals surface area (Å²) in [5.41, 5.74) is 10.2. The van der Waals surface area contributed by atoms with Gasteiger partial charge in [0.2, 0.25) is 0 Å². The predicted octanol–water partition coefficient (Wildman–Crippen LogP) is 4.06. The SMILES string of the molecule is NC(Cc1c(CCCc2ccccc2)[nH]c2ccc(Br)cc12)C(=O)O. The van der Waals surface area contributed by atoms with Gasteiger partial charge in [-0.3, -0.25) is 4.79 Å². The Morgan fingerprint density at radius 2 is 1.92 bits per heavy atom. The molecule has 0 radical (unpaired) electrons. The van der Waals surface area contributed by atoms with Crippen LogP contribution in [-0.4, -0.2) is 22.1 Å². The summed E-state index contributed by atoms with van der Waals surface area (Å²) in [5, 5.41) is 10.2. The van der Waals surface area contributed by atoms with E-state index >= 15 is 0 Å². The van der Waals surface area contributed by atoms with Gasteiger partial charge in [0.1, 0.15) is 6.04 Å².